The van der Waals surface area contributed by atoms with Crippen LogP contribution in [0.2, 0.25) is 0 Å². The zero-order valence-corrected chi connectivity index (χ0v) is 44.2. The van der Waals surface area contributed by atoms with Crippen LogP contribution in [0, 0.1) is 18.8 Å². The first-order valence-corrected chi connectivity index (χ1v) is 24.1. The number of anilines is 2. The van der Waals surface area contributed by atoms with Crippen molar-refractivity contribution in [3.8, 4) is 28.4 Å². The van der Waals surface area contributed by atoms with E-state index in [-0.39, 0.29) is 42.7 Å². The van der Waals surface area contributed by atoms with Crippen molar-refractivity contribution in [2.24, 2.45) is 0 Å². The number of nitrogens with zero attached hydrogens (tertiary/aromatic N) is 4. The van der Waals surface area contributed by atoms with Crippen LogP contribution < -0.4 is 14.5 Å². The van der Waals surface area contributed by atoms with Gasteiger partial charge in [0.25, 0.3) is 0 Å². The predicted octanol–water partition coefficient (Wildman–Crippen LogP) is 16.4. The normalized spacial score (nSPS) is 13.4. The number of benzene rings is 7. The summed E-state index contributed by atoms with van der Waals surface area (Å²) in [5.74, 6) is 2.03. The van der Waals surface area contributed by atoms with Crippen LogP contribution in [0.25, 0.3) is 38.8 Å². The van der Waals surface area contributed by atoms with Gasteiger partial charge in [0.2, 0.25) is 0 Å². The Hall–Kier alpha value is -6.68. The Bertz CT molecular complexity index is 3360. The number of ether oxygens (including phenoxy) is 1. The molecule has 7 aromatic carbocycles. The van der Waals surface area contributed by atoms with Gasteiger partial charge >= 0.3 is 0 Å². The second-order valence-corrected chi connectivity index (χ2v) is 21.6. The quantitative estimate of drug-likeness (QED) is 0.128. The third-order valence-corrected chi connectivity index (χ3v) is 14.0. The molecule has 6 heteroatoms. The van der Waals surface area contributed by atoms with Gasteiger partial charge in [-0.25, -0.2) is 4.98 Å². The number of hydrogen-bond donors (Lipinski definition) is 0. The van der Waals surface area contributed by atoms with E-state index in [4.69, 9.17) is 9.72 Å². The van der Waals surface area contributed by atoms with Gasteiger partial charge in [-0.1, -0.05) is 201 Å². The van der Waals surface area contributed by atoms with E-state index in [1.165, 1.54) is 22.3 Å². The summed E-state index contributed by atoms with van der Waals surface area (Å²) in [4.78, 5) is 9.60. The van der Waals surface area contributed by atoms with Crippen LogP contribution >= 0.6 is 0 Å². The van der Waals surface area contributed by atoms with Crippen LogP contribution in [-0.4, -0.2) is 9.55 Å². The number of pyridine rings is 1. The van der Waals surface area contributed by atoms with Crippen molar-refractivity contribution in [3.05, 3.63) is 235 Å². The van der Waals surface area contributed by atoms with Gasteiger partial charge in [0, 0.05) is 66.5 Å². The maximum absolute atomic E-state index is 7.16. The molecule has 0 spiro atoms. The first-order valence-electron chi connectivity index (χ1n) is 24.1. The molecule has 5 nitrogen and oxygen atoms in total. The molecule has 356 valence electrons. The van der Waals surface area contributed by atoms with Gasteiger partial charge < -0.3 is 19.1 Å². The molecule has 1 aliphatic heterocycles. The van der Waals surface area contributed by atoms with E-state index in [0.29, 0.717) is 11.5 Å². The maximum Gasteiger partial charge on any atom is 0.135 e. The predicted molar refractivity (Wildman–Crippen MR) is 287 cm³/mol. The average Bonchev–Trinajstić information content (AvgIpc) is 3.95. The van der Waals surface area contributed by atoms with Crippen molar-refractivity contribution in [2.75, 3.05) is 9.80 Å². The van der Waals surface area contributed by atoms with Gasteiger partial charge in [0.1, 0.15) is 5.82 Å². The second-order valence-electron chi connectivity index (χ2n) is 21.6. The van der Waals surface area contributed by atoms with E-state index in [2.05, 4.69) is 278 Å². The molecule has 9 aromatic rings. The molecule has 0 radical (unpaired) electrons. The zero-order valence-electron chi connectivity index (χ0n) is 41.9. The molecule has 0 unspecified atom stereocenters. The number of aromatic nitrogens is 2. The maximum atomic E-state index is 7.16. The number of hydrogen-bond acceptors (Lipinski definition) is 4. The standard InChI is InChI=1S/C64H61N4O.Pt/c1-61(2,3)48-29-22-30-50(37-48)66-42-58(64(9,10)47-27-18-13-19-28-47)67(43-66)51-35-45(44-23-14-11-15-24-44)36-52(39-51)69-53-40-55(62(4,5)6)60-54-31-20-21-32-56(54)68(57(60)41-53)59-38-49(33-34-65-59)63(7,8)46-25-16-12-17-26-46;/h11-38,40,42-43H,1-10H3;/q-3;. The van der Waals surface area contributed by atoms with Gasteiger partial charge in [-0.15, -0.1) is 53.8 Å². The van der Waals surface area contributed by atoms with Crippen LogP contribution in [0.4, 0.5) is 11.4 Å². The topological polar surface area (TPSA) is 33.5 Å². The van der Waals surface area contributed by atoms with Crippen LogP contribution in [-0.2, 0) is 42.7 Å². The molecule has 10 rings (SSSR count). The molecule has 0 atom stereocenters. The summed E-state index contributed by atoms with van der Waals surface area (Å²) in [6.07, 6.45) is 4.21. The summed E-state index contributed by atoms with van der Waals surface area (Å²) in [6.45, 7) is 25.0. The van der Waals surface area contributed by atoms with Crippen molar-refractivity contribution in [1.29, 1.82) is 0 Å². The van der Waals surface area contributed by atoms with Crippen molar-refractivity contribution in [2.45, 2.75) is 90.9 Å². The first kappa shape index (κ1) is 48.3. The molecule has 0 aliphatic carbocycles. The minimum absolute atomic E-state index is 0. The Balaban J connectivity index is 0.00000608. The molecule has 3 heterocycles. The van der Waals surface area contributed by atoms with Crippen molar-refractivity contribution >= 4 is 33.2 Å². The van der Waals surface area contributed by atoms with Gasteiger partial charge in [-0.3, -0.25) is 0 Å². The number of allylic oxidation sites excluding steroid dienone is 1. The summed E-state index contributed by atoms with van der Waals surface area (Å²) < 4.78 is 9.42. The van der Waals surface area contributed by atoms with Crippen molar-refractivity contribution in [3.63, 3.8) is 0 Å². The van der Waals surface area contributed by atoms with Crippen molar-refractivity contribution < 1.29 is 25.8 Å². The Labute approximate surface area is 429 Å². The molecule has 70 heavy (non-hydrogen) atoms. The molecule has 0 fully saturated rings. The minimum atomic E-state index is -0.388. The van der Waals surface area contributed by atoms with E-state index in [0.717, 1.165) is 61.4 Å². The smallest absolute Gasteiger partial charge is 0.135 e. The second kappa shape index (κ2) is 18.6. The summed E-state index contributed by atoms with van der Waals surface area (Å²) in [6, 6.07) is 68.0. The first-order chi connectivity index (χ1) is 33.0. The summed E-state index contributed by atoms with van der Waals surface area (Å²) in [5.41, 5.74) is 12.3. The number of fused-ring (bicyclic) bond motifs is 3. The minimum Gasteiger partial charge on any atom is -0.509 e. The molecule has 0 saturated heterocycles. The summed E-state index contributed by atoms with van der Waals surface area (Å²) >= 11 is 0. The van der Waals surface area contributed by atoms with Crippen LogP contribution in [0.3, 0.4) is 0 Å². The van der Waals surface area contributed by atoms with Gasteiger partial charge in [0.15, 0.2) is 0 Å². The van der Waals surface area contributed by atoms with Crippen LogP contribution in [0.5, 0.6) is 11.5 Å². The largest absolute Gasteiger partial charge is 0.509 e. The molecule has 0 amide bonds. The zero-order chi connectivity index (χ0) is 48.3. The van der Waals surface area contributed by atoms with Crippen LogP contribution in [0.1, 0.15) is 97.1 Å². The Morgan fingerprint density at radius 1 is 0.529 bits per heavy atom. The third kappa shape index (κ3) is 9.13. The van der Waals surface area contributed by atoms with Crippen molar-refractivity contribution in [1.82, 2.24) is 9.55 Å². The Kier molecular flexibility index (Phi) is 12.8. The van der Waals surface area contributed by atoms with E-state index in [9.17, 15) is 0 Å². The SMILES string of the molecule is CC(C)(C)c1cccc(N2C=C(C(C)(C)c3ccccc3)N(c3[c-]c(Oc4[c-]c5c(c(C(C)(C)C)c4)c4ccccc4n5-c4cc(C(C)(C)c5ccccc5)ccn4)cc(-c4ccccc4)c3)[CH-]2)c1.[Pt]. The van der Waals surface area contributed by atoms with E-state index in [1.54, 1.807) is 0 Å². The third-order valence-electron chi connectivity index (χ3n) is 14.0. The Morgan fingerprint density at radius 3 is 1.81 bits per heavy atom. The van der Waals surface area contributed by atoms with E-state index < -0.39 is 0 Å². The number of rotatable bonds is 10. The fraction of sp³-hybridized carbons (Fsp3) is 0.219. The average molecular weight is 1100 g/mol. The molecule has 0 saturated carbocycles. The van der Waals surface area contributed by atoms with Gasteiger partial charge in [-0.05, 0) is 80.6 Å². The van der Waals surface area contributed by atoms with Gasteiger partial charge in [-0.2, -0.15) is 0 Å². The van der Waals surface area contributed by atoms with E-state index in [1.807, 2.05) is 6.20 Å². The van der Waals surface area contributed by atoms with Gasteiger partial charge in [0.05, 0.1) is 0 Å². The molecular weight excluding hydrogens is 1040 g/mol. The molecule has 0 bridgehead atoms. The summed E-state index contributed by atoms with van der Waals surface area (Å²) in [7, 11) is 0. The molecule has 2 aromatic heterocycles. The molecule has 0 N–H and O–H groups in total. The Morgan fingerprint density at radius 2 is 1.14 bits per heavy atom. The number of para-hydroxylation sites is 1. The molecule has 1 aliphatic rings. The van der Waals surface area contributed by atoms with E-state index >= 15 is 0 Å². The van der Waals surface area contributed by atoms with Crippen LogP contribution in [0.15, 0.2) is 188 Å². The summed E-state index contributed by atoms with van der Waals surface area (Å²) in [5, 5.41) is 2.29. The molecular formula is C64H61N4OPt-3. The fourth-order valence-electron chi connectivity index (χ4n) is 9.80. The fourth-order valence-corrected chi connectivity index (χ4v) is 9.80. The monoisotopic (exact) mass is 1100 g/mol.